The first-order valence-corrected chi connectivity index (χ1v) is 7.33. The first kappa shape index (κ1) is 18.5. The number of anilines is 1. The second-order valence-electron chi connectivity index (χ2n) is 4.49. The van der Waals surface area contributed by atoms with Gasteiger partial charge in [-0.05, 0) is 23.8 Å². The Morgan fingerprint density at radius 1 is 1.26 bits per heavy atom. The monoisotopic (exact) mass is 327 g/mol. The first-order chi connectivity index (χ1) is 11.1. The van der Waals surface area contributed by atoms with Crippen molar-refractivity contribution in [3.05, 3.63) is 84.2 Å². The minimum Gasteiger partial charge on any atom is -0.397 e. The molecule has 2 aromatic rings. The quantitative estimate of drug-likeness (QED) is 0.331. The van der Waals surface area contributed by atoms with Crippen LogP contribution in [0.25, 0.3) is 0 Å². The van der Waals surface area contributed by atoms with Crippen LogP contribution in [0, 0.1) is 5.41 Å². The molecule has 120 valence electrons. The molecule has 0 bridgehead atoms. The zero-order valence-electron chi connectivity index (χ0n) is 12.7. The van der Waals surface area contributed by atoms with Crippen LogP contribution < -0.4 is 16.2 Å². The van der Waals surface area contributed by atoms with E-state index in [4.69, 9.17) is 16.9 Å². The van der Waals surface area contributed by atoms with Crippen molar-refractivity contribution in [3.8, 4) is 0 Å². The number of hydrogen-bond donors (Lipinski definition) is 5. The van der Waals surface area contributed by atoms with E-state index < -0.39 is 0 Å². The third-order valence-electron chi connectivity index (χ3n) is 2.82. The molecule has 6 N–H and O–H groups in total. The highest BCUT2D eigenvalue weighted by Gasteiger charge is 2.07. The summed E-state index contributed by atoms with van der Waals surface area (Å²) in [4.78, 5) is 3.87. The van der Waals surface area contributed by atoms with E-state index in [0.717, 1.165) is 6.54 Å². The van der Waals surface area contributed by atoms with Gasteiger partial charge in [-0.25, -0.2) is 4.98 Å². The largest absolute Gasteiger partial charge is 0.397 e. The van der Waals surface area contributed by atoms with Crippen molar-refractivity contribution in [3.63, 3.8) is 0 Å². The van der Waals surface area contributed by atoms with Crippen molar-refractivity contribution in [1.82, 2.24) is 9.71 Å². The molecule has 0 atom stereocenters. The molecule has 2 rings (SSSR count). The summed E-state index contributed by atoms with van der Waals surface area (Å²) in [5.74, 6) is 0.304. The Morgan fingerprint density at radius 3 is 2.52 bits per heavy atom. The molecule has 0 saturated heterocycles. The van der Waals surface area contributed by atoms with Crippen LogP contribution in [-0.2, 0) is 6.54 Å². The first-order valence-electron chi connectivity index (χ1n) is 6.89. The molecule has 5 nitrogen and oxygen atoms in total. The maximum Gasteiger partial charge on any atom is 0.132 e. The molecule has 23 heavy (non-hydrogen) atoms. The molecule has 0 radical (unpaired) electrons. The second-order valence-corrected chi connectivity index (χ2v) is 4.81. The minimum atomic E-state index is 0.163. The molecule has 0 amide bonds. The van der Waals surface area contributed by atoms with E-state index in [2.05, 4.69) is 41.2 Å². The summed E-state index contributed by atoms with van der Waals surface area (Å²) in [7, 11) is 0. The number of rotatable bonds is 5. The highest BCUT2D eigenvalue weighted by atomic mass is 32.1. The number of hydrogen-bond acceptors (Lipinski definition) is 6. The number of nitrogen functional groups attached to an aromatic ring is 1. The van der Waals surface area contributed by atoms with Crippen LogP contribution in [0.2, 0.25) is 0 Å². The predicted octanol–water partition coefficient (Wildman–Crippen LogP) is 2.68. The van der Waals surface area contributed by atoms with Gasteiger partial charge in [-0.2, -0.15) is 0 Å². The summed E-state index contributed by atoms with van der Waals surface area (Å²) in [5, 5.41) is 7.72. The number of benzene rings is 1. The molecular formula is C17H21N5S. The number of aromatic nitrogens is 1. The minimum absolute atomic E-state index is 0.163. The molecule has 0 aliphatic rings. The van der Waals surface area contributed by atoms with Gasteiger partial charge in [0.05, 0.1) is 11.4 Å². The third-order valence-corrected chi connectivity index (χ3v) is 2.98. The van der Waals surface area contributed by atoms with Gasteiger partial charge in [0.2, 0.25) is 0 Å². The Hall–Kier alpha value is -2.57. The maximum absolute atomic E-state index is 7.72. The van der Waals surface area contributed by atoms with Gasteiger partial charge in [0, 0.05) is 18.3 Å². The lowest BCUT2D eigenvalue weighted by Crippen LogP contribution is -2.13. The van der Waals surface area contributed by atoms with Gasteiger partial charge < -0.3 is 11.5 Å². The molecule has 0 aliphatic carbocycles. The molecule has 1 aromatic heterocycles. The van der Waals surface area contributed by atoms with E-state index >= 15 is 0 Å². The van der Waals surface area contributed by atoms with Gasteiger partial charge in [-0.1, -0.05) is 55.8 Å². The third kappa shape index (κ3) is 6.37. The molecule has 6 heteroatoms. The standard InChI is InChI=1S/C10H12N4.C7H9NS/c1-2-4-8(11)9(12)7-5-3-6-14-10(7)13;9-8-6-7-4-2-1-3-5-7/h2-6,12H,1,11H2,(H2,13,14);1-5,8-9H,6H2/b8-4-,12-9?;. The Bertz CT molecular complexity index is 668. The summed E-state index contributed by atoms with van der Waals surface area (Å²) >= 11 is 3.88. The van der Waals surface area contributed by atoms with Crippen LogP contribution in [0.1, 0.15) is 11.1 Å². The number of nitrogens with one attached hydrogen (secondary N) is 2. The molecular weight excluding hydrogens is 306 g/mol. The van der Waals surface area contributed by atoms with Crippen LogP contribution in [-0.4, -0.2) is 10.7 Å². The maximum atomic E-state index is 7.72. The molecule has 1 heterocycles. The molecule has 0 aliphatic heterocycles. The van der Waals surface area contributed by atoms with Gasteiger partial charge >= 0.3 is 0 Å². The average molecular weight is 327 g/mol. The van der Waals surface area contributed by atoms with Crippen molar-refractivity contribution in [2.24, 2.45) is 5.73 Å². The predicted molar refractivity (Wildman–Crippen MR) is 100 cm³/mol. The Kier molecular flexibility index (Phi) is 8.20. The average Bonchev–Trinajstić information content (AvgIpc) is 2.57. The summed E-state index contributed by atoms with van der Waals surface area (Å²) in [6, 6.07) is 13.6. The zero-order chi connectivity index (χ0) is 17.1. The molecule has 0 unspecified atom stereocenters. The lowest BCUT2D eigenvalue weighted by atomic mass is 10.1. The van der Waals surface area contributed by atoms with Crippen LogP contribution >= 0.6 is 12.8 Å². The molecule has 0 saturated carbocycles. The van der Waals surface area contributed by atoms with Crippen molar-refractivity contribution >= 4 is 24.3 Å². The highest BCUT2D eigenvalue weighted by molar-refractivity contribution is 7.78. The number of thiol groups is 1. The molecule has 1 aromatic carbocycles. The number of pyridine rings is 1. The lowest BCUT2D eigenvalue weighted by molar-refractivity contribution is 0.985. The Balaban J connectivity index is 0.000000253. The van der Waals surface area contributed by atoms with E-state index in [-0.39, 0.29) is 5.71 Å². The topological polar surface area (TPSA) is 101 Å². The SMILES string of the molecule is C=C/C=C(\N)C(=N)c1cccnc1N.SNCc1ccccc1. The number of nitrogens with zero attached hydrogens (tertiary/aromatic N) is 1. The fraction of sp³-hybridized carbons (Fsp3) is 0.0588. The van der Waals surface area contributed by atoms with Crippen LogP contribution in [0.5, 0.6) is 0 Å². The van der Waals surface area contributed by atoms with Crippen molar-refractivity contribution in [1.29, 1.82) is 5.41 Å². The summed E-state index contributed by atoms with van der Waals surface area (Å²) in [5.41, 5.74) is 13.5. The zero-order valence-corrected chi connectivity index (χ0v) is 13.6. The molecule has 0 fully saturated rings. The smallest absolute Gasteiger partial charge is 0.132 e. The van der Waals surface area contributed by atoms with E-state index in [1.165, 1.54) is 11.6 Å². The second kappa shape index (κ2) is 10.2. The lowest BCUT2D eigenvalue weighted by Gasteiger charge is -2.05. The van der Waals surface area contributed by atoms with Gasteiger partial charge in [0.1, 0.15) is 5.82 Å². The summed E-state index contributed by atoms with van der Waals surface area (Å²) in [6.45, 7) is 4.32. The van der Waals surface area contributed by atoms with Crippen molar-refractivity contribution < 1.29 is 0 Å². The number of allylic oxidation sites excluding steroid dienone is 3. The van der Waals surface area contributed by atoms with Crippen molar-refractivity contribution in [2.75, 3.05) is 5.73 Å². The van der Waals surface area contributed by atoms with E-state index in [0.29, 0.717) is 17.1 Å². The van der Waals surface area contributed by atoms with E-state index in [1.54, 1.807) is 24.4 Å². The summed E-state index contributed by atoms with van der Waals surface area (Å²) in [6.07, 6.45) is 4.64. The van der Waals surface area contributed by atoms with Gasteiger partial charge in [-0.15, -0.1) is 0 Å². The van der Waals surface area contributed by atoms with Gasteiger partial charge in [-0.3, -0.25) is 10.1 Å². The number of nitrogens with two attached hydrogens (primary N) is 2. The van der Waals surface area contributed by atoms with Crippen LogP contribution in [0.3, 0.4) is 0 Å². The Morgan fingerprint density at radius 2 is 1.96 bits per heavy atom. The van der Waals surface area contributed by atoms with Gasteiger partial charge in [0.25, 0.3) is 0 Å². The van der Waals surface area contributed by atoms with Crippen molar-refractivity contribution in [2.45, 2.75) is 6.54 Å². The fourth-order valence-corrected chi connectivity index (χ4v) is 1.86. The highest BCUT2D eigenvalue weighted by Crippen LogP contribution is 2.10. The van der Waals surface area contributed by atoms with E-state index in [1.807, 2.05) is 18.2 Å². The van der Waals surface area contributed by atoms with Gasteiger partial charge in [0.15, 0.2) is 0 Å². The molecule has 0 spiro atoms. The summed E-state index contributed by atoms with van der Waals surface area (Å²) < 4.78 is 2.78. The fourth-order valence-electron chi connectivity index (χ4n) is 1.68. The van der Waals surface area contributed by atoms with E-state index in [9.17, 15) is 0 Å². The normalized spacial score (nSPS) is 10.4. The van der Waals surface area contributed by atoms with Crippen LogP contribution in [0.15, 0.2) is 73.1 Å². The van der Waals surface area contributed by atoms with Crippen LogP contribution in [0.4, 0.5) is 5.82 Å². The Labute approximate surface area is 142 Å².